The van der Waals surface area contributed by atoms with Gasteiger partial charge in [-0.3, -0.25) is 0 Å². The van der Waals surface area contributed by atoms with Gasteiger partial charge >= 0.3 is 0 Å². The average molecular weight is 161 g/mol. The molecule has 0 fully saturated rings. The second kappa shape index (κ2) is 2.27. The van der Waals surface area contributed by atoms with Crippen molar-refractivity contribution < 1.29 is 4.42 Å². The molecule has 0 saturated heterocycles. The van der Waals surface area contributed by atoms with Crippen LogP contribution in [-0.4, -0.2) is 0 Å². The third-order valence-corrected chi connectivity index (χ3v) is 2.23. The standard InChI is InChI=1S/C10H11NO/c1-6-5-12-10-7(2)9(11)4-3-8(6)10/h3-5H,11H2,1-2H3. The molecule has 0 amide bonds. The Morgan fingerprint density at radius 3 is 2.75 bits per heavy atom. The summed E-state index contributed by atoms with van der Waals surface area (Å²) in [4.78, 5) is 0. The molecule has 0 aliphatic carbocycles. The summed E-state index contributed by atoms with van der Waals surface area (Å²) in [6, 6.07) is 3.91. The lowest BCUT2D eigenvalue weighted by Gasteiger charge is -1.98. The lowest BCUT2D eigenvalue weighted by atomic mass is 10.1. The Kier molecular flexibility index (Phi) is 1.37. The summed E-state index contributed by atoms with van der Waals surface area (Å²) in [5, 5.41) is 1.15. The van der Waals surface area contributed by atoms with Gasteiger partial charge in [0.05, 0.1) is 6.26 Å². The van der Waals surface area contributed by atoms with Crippen molar-refractivity contribution in [2.24, 2.45) is 0 Å². The lowest BCUT2D eigenvalue weighted by molar-refractivity contribution is 0.611. The van der Waals surface area contributed by atoms with Crippen LogP contribution in [0.25, 0.3) is 11.0 Å². The lowest BCUT2D eigenvalue weighted by Crippen LogP contribution is -1.88. The molecule has 0 aliphatic rings. The summed E-state index contributed by atoms with van der Waals surface area (Å²) in [5.41, 5.74) is 9.62. The molecule has 1 aromatic carbocycles. The summed E-state index contributed by atoms with van der Waals surface area (Å²) in [7, 11) is 0. The molecule has 0 bridgehead atoms. The quantitative estimate of drug-likeness (QED) is 0.603. The van der Waals surface area contributed by atoms with E-state index in [-0.39, 0.29) is 0 Å². The molecule has 0 atom stereocenters. The van der Waals surface area contributed by atoms with Gasteiger partial charge in [0.25, 0.3) is 0 Å². The highest BCUT2D eigenvalue weighted by atomic mass is 16.3. The molecule has 2 aromatic rings. The maximum atomic E-state index is 5.74. The van der Waals surface area contributed by atoms with Gasteiger partial charge in [-0.15, -0.1) is 0 Å². The number of furan rings is 1. The number of anilines is 1. The Balaban J connectivity index is 2.93. The highest BCUT2D eigenvalue weighted by Crippen LogP contribution is 2.26. The van der Waals surface area contributed by atoms with Gasteiger partial charge in [-0.05, 0) is 31.5 Å². The van der Waals surface area contributed by atoms with Crippen LogP contribution in [0.4, 0.5) is 5.69 Å². The molecular weight excluding hydrogens is 150 g/mol. The summed E-state index contributed by atoms with van der Waals surface area (Å²) < 4.78 is 5.38. The van der Waals surface area contributed by atoms with Crippen LogP contribution in [0.5, 0.6) is 0 Å². The molecule has 0 unspecified atom stereocenters. The van der Waals surface area contributed by atoms with Gasteiger partial charge in [-0.2, -0.15) is 0 Å². The van der Waals surface area contributed by atoms with Crippen molar-refractivity contribution in [3.8, 4) is 0 Å². The molecule has 0 aliphatic heterocycles. The summed E-state index contributed by atoms with van der Waals surface area (Å²) in [6.07, 6.45) is 1.76. The molecule has 0 spiro atoms. The van der Waals surface area contributed by atoms with Crippen LogP contribution in [0.15, 0.2) is 22.8 Å². The Labute approximate surface area is 71.0 Å². The third kappa shape index (κ3) is 0.811. The van der Waals surface area contributed by atoms with E-state index in [4.69, 9.17) is 10.2 Å². The van der Waals surface area contributed by atoms with Crippen molar-refractivity contribution in [2.45, 2.75) is 13.8 Å². The van der Waals surface area contributed by atoms with Crippen LogP contribution in [0.3, 0.4) is 0 Å². The number of nitrogens with two attached hydrogens (primary N) is 1. The van der Waals surface area contributed by atoms with E-state index in [0.29, 0.717) is 0 Å². The molecule has 12 heavy (non-hydrogen) atoms. The number of nitrogen functional groups attached to an aromatic ring is 1. The highest BCUT2D eigenvalue weighted by Gasteiger charge is 2.05. The fourth-order valence-electron chi connectivity index (χ4n) is 1.38. The van der Waals surface area contributed by atoms with Gasteiger partial charge in [0.15, 0.2) is 0 Å². The molecule has 2 heteroatoms. The van der Waals surface area contributed by atoms with Crippen molar-refractivity contribution in [3.05, 3.63) is 29.5 Å². The van der Waals surface area contributed by atoms with Crippen molar-refractivity contribution in [1.82, 2.24) is 0 Å². The van der Waals surface area contributed by atoms with Gasteiger partial charge in [-0.25, -0.2) is 0 Å². The summed E-state index contributed by atoms with van der Waals surface area (Å²) >= 11 is 0. The second-order valence-electron chi connectivity index (χ2n) is 3.08. The fraction of sp³-hybridized carbons (Fsp3) is 0.200. The zero-order chi connectivity index (χ0) is 8.72. The van der Waals surface area contributed by atoms with Gasteiger partial charge in [0.2, 0.25) is 0 Å². The molecule has 2 nitrogen and oxygen atoms in total. The Bertz CT molecular complexity index is 429. The van der Waals surface area contributed by atoms with Gasteiger partial charge in [-0.1, -0.05) is 0 Å². The Morgan fingerprint density at radius 1 is 1.25 bits per heavy atom. The van der Waals surface area contributed by atoms with Gasteiger partial charge in [0.1, 0.15) is 5.58 Å². The van der Waals surface area contributed by atoms with Crippen LogP contribution in [0, 0.1) is 13.8 Å². The first-order valence-corrected chi connectivity index (χ1v) is 3.93. The van der Waals surface area contributed by atoms with E-state index in [1.165, 1.54) is 0 Å². The van der Waals surface area contributed by atoms with E-state index >= 15 is 0 Å². The Morgan fingerprint density at radius 2 is 2.00 bits per heavy atom. The molecular formula is C10H11NO. The number of fused-ring (bicyclic) bond motifs is 1. The zero-order valence-electron chi connectivity index (χ0n) is 7.22. The van der Waals surface area contributed by atoms with E-state index < -0.39 is 0 Å². The first kappa shape index (κ1) is 7.22. The topological polar surface area (TPSA) is 39.2 Å². The molecule has 0 radical (unpaired) electrons. The number of aryl methyl sites for hydroxylation is 2. The van der Waals surface area contributed by atoms with Crippen LogP contribution in [0.2, 0.25) is 0 Å². The zero-order valence-corrected chi connectivity index (χ0v) is 7.22. The molecule has 62 valence electrons. The fourth-order valence-corrected chi connectivity index (χ4v) is 1.38. The summed E-state index contributed by atoms with van der Waals surface area (Å²) in [5.74, 6) is 0. The molecule has 1 heterocycles. The van der Waals surface area contributed by atoms with Crippen molar-refractivity contribution in [2.75, 3.05) is 5.73 Å². The van der Waals surface area contributed by atoms with Crippen LogP contribution in [-0.2, 0) is 0 Å². The van der Waals surface area contributed by atoms with E-state index in [1.54, 1.807) is 6.26 Å². The normalized spacial score (nSPS) is 10.8. The van der Waals surface area contributed by atoms with Gasteiger partial charge in [0, 0.05) is 16.6 Å². The van der Waals surface area contributed by atoms with Crippen molar-refractivity contribution in [1.29, 1.82) is 0 Å². The highest BCUT2D eigenvalue weighted by molar-refractivity contribution is 5.87. The molecule has 0 saturated carbocycles. The average Bonchev–Trinajstić information content (AvgIpc) is 2.41. The predicted octanol–water partition coefficient (Wildman–Crippen LogP) is 2.63. The minimum absolute atomic E-state index is 0.789. The monoisotopic (exact) mass is 161 g/mol. The second-order valence-corrected chi connectivity index (χ2v) is 3.08. The minimum Gasteiger partial charge on any atom is -0.464 e. The van der Waals surface area contributed by atoms with Crippen molar-refractivity contribution >= 4 is 16.7 Å². The first-order chi connectivity index (χ1) is 5.70. The minimum atomic E-state index is 0.789. The van der Waals surface area contributed by atoms with Crippen molar-refractivity contribution in [3.63, 3.8) is 0 Å². The molecule has 2 rings (SSSR count). The largest absolute Gasteiger partial charge is 0.464 e. The molecule has 1 aromatic heterocycles. The maximum absolute atomic E-state index is 5.74. The summed E-state index contributed by atoms with van der Waals surface area (Å²) in [6.45, 7) is 4.00. The van der Waals surface area contributed by atoms with Crippen LogP contribution in [0.1, 0.15) is 11.1 Å². The smallest absolute Gasteiger partial charge is 0.139 e. The van der Waals surface area contributed by atoms with Crippen LogP contribution >= 0.6 is 0 Å². The first-order valence-electron chi connectivity index (χ1n) is 3.93. The molecule has 2 N–H and O–H groups in total. The maximum Gasteiger partial charge on any atom is 0.139 e. The van der Waals surface area contributed by atoms with Crippen LogP contribution < -0.4 is 5.73 Å². The van der Waals surface area contributed by atoms with E-state index in [9.17, 15) is 0 Å². The van der Waals surface area contributed by atoms with E-state index in [0.717, 1.165) is 27.8 Å². The number of rotatable bonds is 0. The number of hydrogen-bond acceptors (Lipinski definition) is 2. The number of hydrogen-bond donors (Lipinski definition) is 1. The number of benzene rings is 1. The van der Waals surface area contributed by atoms with E-state index in [2.05, 4.69) is 0 Å². The third-order valence-electron chi connectivity index (χ3n) is 2.23. The predicted molar refractivity (Wildman–Crippen MR) is 50.1 cm³/mol. The SMILES string of the molecule is Cc1coc2c(C)c(N)ccc12. The van der Waals surface area contributed by atoms with E-state index in [1.807, 2.05) is 26.0 Å². The van der Waals surface area contributed by atoms with Gasteiger partial charge < -0.3 is 10.2 Å². The Hall–Kier alpha value is -1.44.